The summed E-state index contributed by atoms with van der Waals surface area (Å²) in [5.74, 6) is 0.148. The monoisotopic (exact) mass is 604 g/mol. The summed E-state index contributed by atoms with van der Waals surface area (Å²) in [4.78, 5) is 45.9. The van der Waals surface area contributed by atoms with Crippen molar-refractivity contribution in [1.29, 1.82) is 0 Å². The first-order valence-electron chi connectivity index (χ1n) is 14.2. The van der Waals surface area contributed by atoms with Gasteiger partial charge in [0.2, 0.25) is 5.91 Å². The highest BCUT2D eigenvalue weighted by Crippen LogP contribution is 2.49. The molecule has 5 aromatic rings. The number of aliphatic hydroxyl groups excluding tert-OH is 1. The standard InChI is InChI=1S/C29H26F2N8O5/c30-29(31)43-21-5-1-3-18(24(21)44-29)19-13-38(27-23(19)26(33-15-34-27)37-11-17(40)12-37)14-22(41)36-9-6-16(7-10-36)39-20-4-2-8-32-25(20)35-28(39)42/h1-5,8,13,15-17,40H,6-7,9-12,14H2,(H,32,35,42). The summed E-state index contributed by atoms with van der Waals surface area (Å²) in [6.45, 7) is 1.55. The van der Waals surface area contributed by atoms with Gasteiger partial charge in [-0.15, -0.1) is 8.78 Å². The van der Waals surface area contributed by atoms with Crippen molar-refractivity contribution in [2.45, 2.75) is 37.8 Å². The van der Waals surface area contributed by atoms with E-state index < -0.39 is 12.4 Å². The van der Waals surface area contributed by atoms with Crippen LogP contribution in [0.5, 0.6) is 11.5 Å². The van der Waals surface area contributed by atoms with Gasteiger partial charge in [-0.25, -0.2) is 19.7 Å². The maximum Gasteiger partial charge on any atom is 0.586 e. The number of fused-ring (bicyclic) bond motifs is 3. The van der Waals surface area contributed by atoms with Gasteiger partial charge < -0.3 is 28.9 Å². The van der Waals surface area contributed by atoms with E-state index in [0.29, 0.717) is 72.6 Å². The summed E-state index contributed by atoms with van der Waals surface area (Å²) in [6.07, 6.45) is 1.57. The molecule has 0 radical (unpaired) electrons. The lowest BCUT2D eigenvalue weighted by Gasteiger charge is -2.37. The number of nitrogens with one attached hydrogen (secondary N) is 1. The number of benzene rings is 1. The molecule has 2 saturated heterocycles. The van der Waals surface area contributed by atoms with Crippen LogP contribution < -0.4 is 20.1 Å². The maximum atomic E-state index is 14.1. The second-order valence-corrected chi connectivity index (χ2v) is 11.2. The molecule has 0 spiro atoms. The SMILES string of the molecule is O=C(Cn1cc(-c2cccc3c2OC(F)(F)O3)c2c(N3CC(O)C3)ncnc21)N1CCC(n2c(=O)[nH]c3ncccc32)CC1. The van der Waals surface area contributed by atoms with Crippen LogP contribution in [-0.4, -0.2) is 83.6 Å². The summed E-state index contributed by atoms with van der Waals surface area (Å²) in [6, 6.07) is 8.18. The Morgan fingerprint density at radius 3 is 2.68 bits per heavy atom. The summed E-state index contributed by atoms with van der Waals surface area (Å²) >= 11 is 0. The third kappa shape index (κ3) is 4.25. The minimum atomic E-state index is -3.81. The van der Waals surface area contributed by atoms with Crippen molar-refractivity contribution >= 4 is 33.9 Å². The highest BCUT2D eigenvalue weighted by Gasteiger charge is 2.45. The van der Waals surface area contributed by atoms with E-state index in [9.17, 15) is 23.5 Å². The van der Waals surface area contributed by atoms with E-state index in [-0.39, 0.29) is 35.7 Å². The van der Waals surface area contributed by atoms with Gasteiger partial charge in [0.15, 0.2) is 17.1 Å². The molecule has 0 saturated carbocycles. The molecule has 4 aromatic heterocycles. The molecule has 7 heterocycles. The number of aliphatic hydroxyl groups is 1. The van der Waals surface area contributed by atoms with E-state index in [1.165, 1.54) is 12.4 Å². The number of para-hydroxylation sites is 1. The Hall–Kier alpha value is -5.05. The Balaban J connectivity index is 1.10. The Kier molecular flexibility index (Phi) is 5.88. The number of amides is 1. The second kappa shape index (κ2) is 9.74. The first-order chi connectivity index (χ1) is 21.3. The molecule has 2 fully saturated rings. The van der Waals surface area contributed by atoms with E-state index >= 15 is 0 Å². The van der Waals surface area contributed by atoms with Gasteiger partial charge in [0.1, 0.15) is 24.3 Å². The van der Waals surface area contributed by atoms with Crippen LogP contribution in [0, 0.1) is 0 Å². The second-order valence-electron chi connectivity index (χ2n) is 11.2. The fourth-order valence-corrected chi connectivity index (χ4v) is 6.42. The predicted octanol–water partition coefficient (Wildman–Crippen LogP) is 2.50. The number of hydrogen-bond acceptors (Lipinski definition) is 9. The molecule has 0 atom stereocenters. The number of ether oxygens (including phenoxy) is 2. The topological polar surface area (TPSA) is 144 Å². The van der Waals surface area contributed by atoms with E-state index in [1.807, 2.05) is 11.0 Å². The number of β-amino-alcohol motifs (C(OH)–C–C–N with tert-alkyl or cyclic N) is 1. The third-order valence-corrected chi connectivity index (χ3v) is 8.49. The highest BCUT2D eigenvalue weighted by molar-refractivity contribution is 6.03. The van der Waals surface area contributed by atoms with E-state index in [1.54, 1.807) is 44.6 Å². The molecule has 8 rings (SSSR count). The number of pyridine rings is 1. The molecule has 2 N–H and O–H groups in total. The number of carbonyl (C=O) groups is 1. The van der Waals surface area contributed by atoms with Gasteiger partial charge in [-0.2, -0.15) is 0 Å². The predicted molar refractivity (Wildman–Crippen MR) is 153 cm³/mol. The Morgan fingerprint density at radius 1 is 1.07 bits per heavy atom. The average Bonchev–Trinajstić information content (AvgIpc) is 3.64. The van der Waals surface area contributed by atoms with Gasteiger partial charge in [-0.3, -0.25) is 14.3 Å². The number of halogens is 2. The number of carbonyl (C=O) groups excluding carboxylic acids is 1. The highest BCUT2D eigenvalue weighted by atomic mass is 19.3. The van der Waals surface area contributed by atoms with Gasteiger partial charge in [0.05, 0.1) is 17.0 Å². The lowest BCUT2D eigenvalue weighted by Crippen LogP contribution is -2.51. The minimum Gasteiger partial charge on any atom is -0.395 e. The van der Waals surface area contributed by atoms with Gasteiger partial charge in [0, 0.05) is 55.7 Å². The Bertz CT molecular complexity index is 1990. The van der Waals surface area contributed by atoms with Crippen LogP contribution in [0.2, 0.25) is 0 Å². The van der Waals surface area contributed by atoms with Crippen molar-refractivity contribution in [2.24, 2.45) is 0 Å². The average molecular weight is 605 g/mol. The van der Waals surface area contributed by atoms with Crippen molar-refractivity contribution in [3.05, 3.63) is 59.5 Å². The summed E-state index contributed by atoms with van der Waals surface area (Å²) in [7, 11) is 0. The van der Waals surface area contributed by atoms with Gasteiger partial charge in [-0.1, -0.05) is 12.1 Å². The number of anilines is 1. The van der Waals surface area contributed by atoms with E-state index in [0.717, 1.165) is 5.52 Å². The van der Waals surface area contributed by atoms with Crippen molar-refractivity contribution in [3.8, 4) is 22.6 Å². The normalized spacial score (nSPS) is 18.3. The molecule has 3 aliphatic rings. The lowest BCUT2D eigenvalue weighted by molar-refractivity contribution is -0.286. The third-order valence-electron chi connectivity index (χ3n) is 8.49. The largest absolute Gasteiger partial charge is 0.586 e. The van der Waals surface area contributed by atoms with Gasteiger partial charge >= 0.3 is 12.0 Å². The number of rotatable bonds is 5. The molecule has 0 unspecified atom stereocenters. The van der Waals surface area contributed by atoms with Crippen LogP contribution >= 0.6 is 0 Å². The first-order valence-corrected chi connectivity index (χ1v) is 14.2. The zero-order valence-corrected chi connectivity index (χ0v) is 23.2. The van der Waals surface area contributed by atoms with Crippen molar-refractivity contribution in [3.63, 3.8) is 0 Å². The smallest absolute Gasteiger partial charge is 0.395 e. The van der Waals surface area contributed by atoms with Gasteiger partial charge in [0.25, 0.3) is 0 Å². The van der Waals surface area contributed by atoms with Crippen LogP contribution in [0.25, 0.3) is 33.3 Å². The zero-order chi connectivity index (χ0) is 30.2. The fraction of sp³-hybridized carbons (Fsp3) is 0.345. The molecule has 1 aromatic carbocycles. The van der Waals surface area contributed by atoms with Crippen molar-refractivity contribution in [1.82, 2.24) is 34.0 Å². The number of alkyl halides is 2. The van der Waals surface area contributed by atoms with Crippen molar-refractivity contribution < 1.29 is 28.2 Å². The summed E-state index contributed by atoms with van der Waals surface area (Å²) in [5.41, 5.74) is 2.32. The Labute approximate surface area is 247 Å². The molecule has 15 heteroatoms. The van der Waals surface area contributed by atoms with E-state index in [2.05, 4.69) is 24.7 Å². The van der Waals surface area contributed by atoms with Crippen LogP contribution in [0.4, 0.5) is 14.6 Å². The van der Waals surface area contributed by atoms with Gasteiger partial charge in [-0.05, 0) is 31.0 Å². The van der Waals surface area contributed by atoms with Crippen LogP contribution in [-0.2, 0) is 11.3 Å². The van der Waals surface area contributed by atoms with Crippen molar-refractivity contribution in [2.75, 3.05) is 31.1 Å². The fourth-order valence-electron chi connectivity index (χ4n) is 6.42. The lowest BCUT2D eigenvalue weighted by atomic mass is 10.0. The molecule has 44 heavy (non-hydrogen) atoms. The molecule has 1 amide bonds. The minimum absolute atomic E-state index is 0.0558. The molecule has 13 nitrogen and oxygen atoms in total. The maximum absolute atomic E-state index is 14.1. The molecule has 226 valence electrons. The summed E-state index contributed by atoms with van der Waals surface area (Å²) in [5, 5.41) is 10.5. The molecule has 0 bridgehead atoms. The number of nitrogens with zero attached hydrogens (tertiary/aromatic N) is 7. The van der Waals surface area contributed by atoms with Crippen LogP contribution in [0.15, 0.2) is 53.8 Å². The number of aromatic amines is 1. The number of hydrogen-bond donors (Lipinski definition) is 2. The number of H-pyrrole nitrogens is 1. The summed E-state index contributed by atoms with van der Waals surface area (Å²) < 4.78 is 41.1. The number of aromatic nitrogens is 6. The molecular formula is C29H26F2N8O5. The Morgan fingerprint density at radius 2 is 1.89 bits per heavy atom. The first kappa shape index (κ1) is 26.6. The van der Waals surface area contributed by atoms with Crippen LogP contribution in [0.3, 0.4) is 0 Å². The van der Waals surface area contributed by atoms with Crippen LogP contribution in [0.1, 0.15) is 18.9 Å². The zero-order valence-electron chi connectivity index (χ0n) is 23.2. The van der Waals surface area contributed by atoms with E-state index in [4.69, 9.17) is 4.74 Å². The quantitative estimate of drug-likeness (QED) is 0.309. The molecule has 0 aliphatic carbocycles. The number of piperidine rings is 1. The number of imidazole rings is 1. The molecule has 3 aliphatic heterocycles. The molecular weight excluding hydrogens is 578 g/mol. The number of likely N-dealkylation sites (tertiary alicyclic amines) is 1.